The first-order valence-electron chi connectivity index (χ1n) is 11.3. The average Bonchev–Trinajstić information content (AvgIpc) is 3.31. The molecule has 0 saturated carbocycles. The van der Waals surface area contributed by atoms with Crippen LogP contribution in [0.1, 0.15) is 36.5 Å². The monoisotopic (exact) mass is 438 g/mol. The van der Waals surface area contributed by atoms with Crippen molar-refractivity contribution in [3.63, 3.8) is 0 Å². The Balaban J connectivity index is 1.50. The summed E-state index contributed by atoms with van der Waals surface area (Å²) in [6, 6.07) is 16.1. The minimum Gasteiger partial charge on any atom is -0.488 e. The number of carbonyl (C=O) groups excluding carboxylic acids is 1. The third-order valence-corrected chi connectivity index (χ3v) is 5.13. The summed E-state index contributed by atoms with van der Waals surface area (Å²) in [4.78, 5) is 16.8. The molecule has 2 aromatic carbocycles. The second kappa shape index (κ2) is 12.7. The van der Waals surface area contributed by atoms with E-state index in [0.29, 0.717) is 38.6 Å². The van der Waals surface area contributed by atoms with Crippen molar-refractivity contribution >= 4 is 11.9 Å². The molecule has 0 spiro atoms. The van der Waals surface area contributed by atoms with E-state index < -0.39 is 0 Å². The van der Waals surface area contributed by atoms with Crippen molar-refractivity contribution in [2.45, 2.75) is 45.9 Å². The Morgan fingerprint density at radius 1 is 1.16 bits per heavy atom. The first kappa shape index (κ1) is 23.6. The first-order chi connectivity index (χ1) is 15.6. The van der Waals surface area contributed by atoms with E-state index in [1.807, 2.05) is 37.3 Å². The highest BCUT2D eigenvalue weighted by Gasteiger charge is 2.18. The molecule has 172 valence electrons. The molecule has 32 heavy (non-hydrogen) atoms. The largest absolute Gasteiger partial charge is 0.488 e. The van der Waals surface area contributed by atoms with Crippen LogP contribution < -0.4 is 20.7 Å². The molecule has 1 heterocycles. The summed E-state index contributed by atoms with van der Waals surface area (Å²) in [5, 5.41) is 9.42. The number of benzene rings is 2. The van der Waals surface area contributed by atoms with Crippen LogP contribution in [0.25, 0.3) is 0 Å². The Morgan fingerprint density at radius 2 is 2.00 bits per heavy atom. The lowest BCUT2D eigenvalue weighted by Gasteiger charge is -2.16. The van der Waals surface area contributed by atoms with Crippen molar-refractivity contribution in [3.05, 3.63) is 65.2 Å². The molecule has 0 bridgehead atoms. The molecule has 1 atom stereocenters. The number of hydrogen-bond donors (Lipinski definition) is 3. The number of aliphatic imine (C=N–C) groups is 1. The minimum absolute atomic E-state index is 0.00482. The number of rotatable bonds is 10. The zero-order valence-electron chi connectivity index (χ0n) is 19.0. The number of aryl methyl sites for hydroxylation is 1. The van der Waals surface area contributed by atoms with E-state index in [1.165, 1.54) is 0 Å². The van der Waals surface area contributed by atoms with Crippen LogP contribution in [0.3, 0.4) is 0 Å². The predicted molar refractivity (Wildman–Crippen MR) is 127 cm³/mol. The fourth-order valence-electron chi connectivity index (χ4n) is 3.37. The van der Waals surface area contributed by atoms with Crippen LogP contribution in [0, 0.1) is 6.92 Å². The van der Waals surface area contributed by atoms with Crippen LogP contribution in [0.2, 0.25) is 0 Å². The van der Waals surface area contributed by atoms with Crippen LogP contribution in [0.4, 0.5) is 0 Å². The van der Waals surface area contributed by atoms with Crippen LogP contribution in [-0.2, 0) is 22.6 Å². The maximum atomic E-state index is 12.1. The van der Waals surface area contributed by atoms with E-state index >= 15 is 0 Å². The van der Waals surface area contributed by atoms with Gasteiger partial charge in [0, 0.05) is 38.0 Å². The Labute approximate surface area is 190 Å². The van der Waals surface area contributed by atoms with E-state index in [9.17, 15) is 4.79 Å². The Bertz CT molecular complexity index is 880. The van der Waals surface area contributed by atoms with E-state index in [0.717, 1.165) is 42.0 Å². The van der Waals surface area contributed by atoms with Crippen molar-refractivity contribution in [2.24, 2.45) is 4.99 Å². The molecule has 2 aromatic rings. The number of amides is 1. The fourth-order valence-corrected chi connectivity index (χ4v) is 3.37. The number of nitrogens with one attached hydrogen (secondary N) is 3. The number of ether oxygens (including phenoxy) is 2. The quantitative estimate of drug-likeness (QED) is 0.392. The van der Waals surface area contributed by atoms with Crippen molar-refractivity contribution < 1.29 is 14.3 Å². The standard InChI is InChI=1S/C25H34N4O3/c1-3-26-25(27-13-11-24(30)28-16-20-7-5-4-6-8-20)29-17-21-10-9-19(2)15-23(21)32-22-12-14-31-18-22/h4-10,15,22H,3,11-14,16-18H2,1-2H3,(H,28,30)(H2,26,27,29). The SMILES string of the molecule is CCNC(=NCc1ccc(C)cc1OC1CCOC1)NCCC(=O)NCc1ccccc1. The van der Waals surface area contributed by atoms with Gasteiger partial charge < -0.3 is 25.4 Å². The number of guanidine groups is 1. The molecule has 3 rings (SSSR count). The number of hydrogen-bond acceptors (Lipinski definition) is 4. The maximum absolute atomic E-state index is 12.1. The van der Waals surface area contributed by atoms with Crippen LogP contribution >= 0.6 is 0 Å². The molecular formula is C25H34N4O3. The van der Waals surface area contributed by atoms with E-state index in [-0.39, 0.29) is 12.0 Å². The van der Waals surface area contributed by atoms with Gasteiger partial charge in [0.2, 0.25) is 5.91 Å². The molecule has 3 N–H and O–H groups in total. The van der Waals surface area contributed by atoms with Gasteiger partial charge in [0.1, 0.15) is 11.9 Å². The number of carbonyl (C=O) groups is 1. The highest BCUT2D eigenvalue weighted by molar-refractivity contribution is 5.81. The summed E-state index contributed by atoms with van der Waals surface area (Å²) in [5.41, 5.74) is 3.27. The van der Waals surface area contributed by atoms with Gasteiger partial charge in [-0.25, -0.2) is 4.99 Å². The van der Waals surface area contributed by atoms with Gasteiger partial charge in [-0.05, 0) is 31.0 Å². The molecule has 0 aliphatic carbocycles. The smallest absolute Gasteiger partial charge is 0.222 e. The van der Waals surface area contributed by atoms with Gasteiger partial charge in [0.05, 0.1) is 19.8 Å². The van der Waals surface area contributed by atoms with Gasteiger partial charge in [0.25, 0.3) is 0 Å². The lowest BCUT2D eigenvalue weighted by molar-refractivity contribution is -0.121. The minimum atomic E-state index is 0.00482. The van der Waals surface area contributed by atoms with Crippen molar-refractivity contribution in [1.29, 1.82) is 0 Å². The summed E-state index contributed by atoms with van der Waals surface area (Å²) in [5.74, 6) is 1.55. The molecule has 1 aliphatic rings. The molecule has 1 unspecified atom stereocenters. The Morgan fingerprint density at radius 3 is 2.75 bits per heavy atom. The van der Waals surface area contributed by atoms with Gasteiger partial charge in [-0.15, -0.1) is 0 Å². The fraction of sp³-hybridized carbons (Fsp3) is 0.440. The van der Waals surface area contributed by atoms with E-state index in [2.05, 4.69) is 41.1 Å². The van der Waals surface area contributed by atoms with Crippen LogP contribution in [0.15, 0.2) is 53.5 Å². The first-order valence-corrected chi connectivity index (χ1v) is 11.3. The molecule has 7 nitrogen and oxygen atoms in total. The van der Waals surface area contributed by atoms with Gasteiger partial charge in [-0.3, -0.25) is 4.79 Å². The van der Waals surface area contributed by atoms with Gasteiger partial charge >= 0.3 is 0 Å². The van der Waals surface area contributed by atoms with E-state index in [4.69, 9.17) is 14.5 Å². The topological polar surface area (TPSA) is 84.0 Å². The Kier molecular flexibility index (Phi) is 9.37. The third kappa shape index (κ3) is 7.89. The second-order valence-electron chi connectivity index (χ2n) is 7.85. The summed E-state index contributed by atoms with van der Waals surface area (Å²) in [7, 11) is 0. The predicted octanol–water partition coefficient (Wildman–Crippen LogP) is 2.92. The van der Waals surface area contributed by atoms with Crippen LogP contribution in [0.5, 0.6) is 5.75 Å². The van der Waals surface area contributed by atoms with Gasteiger partial charge in [-0.1, -0.05) is 42.5 Å². The van der Waals surface area contributed by atoms with Crippen molar-refractivity contribution in [1.82, 2.24) is 16.0 Å². The highest BCUT2D eigenvalue weighted by atomic mass is 16.5. The molecule has 1 saturated heterocycles. The van der Waals surface area contributed by atoms with Crippen LogP contribution in [-0.4, -0.2) is 44.3 Å². The molecule has 0 aromatic heterocycles. The summed E-state index contributed by atoms with van der Waals surface area (Å²) < 4.78 is 11.6. The molecule has 0 radical (unpaired) electrons. The second-order valence-corrected chi connectivity index (χ2v) is 7.85. The third-order valence-electron chi connectivity index (χ3n) is 5.13. The molecule has 1 amide bonds. The molecule has 1 fully saturated rings. The lowest BCUT2D eigenvalue weighted by atomic mass is 10.1. The summed E-state index contributed by atoms with van der Waals surface area (Å²) >= 11 is 0. The Hall–Kier alpha value is -3.06. The lowest BCUT2D eigenvalue weighted by Crippen LogP contribution is -2.39. The highest BCUT2D eigenvalue weighted by Crippen LogP contribution is 2.24. The normalized spacial score (nSPS) is 15.9. The zero-order chi connectivity index (χ0) is 22.6. The van der Waals surface area contributed by atoms with Gasteiger partial charge in [-0.2, -0.15) is 0 Å². The van der Waals surface area contributed by atoms with Crippen molar-refractivity contribution in [3.8, 4) is 5.75 Å². The summed E-state index contributed by atoms with van der Waals surface area (Å²) in [6.45, 7) is 7.72. The summed E-state index contributed by atoms with van der Waals surface area (Å²) in [6.07, 6.45) is 1.38. The molecule has 7 heteroatoms. The average molecular weight is 439 g/mol. The molecular weight excluding hydrogens is 404 g/mol. The van der Waals surface area contributed by atoms with E-state index in [1.54, 1.807) is 0 Å². The molecule has 1 aliphatic heterocycles. The number of nitrogens with zero attached hydrogens (tertiary/aromatic N) is 1. The van der Waals surface area contributed by atoms with Crippen molar-refractivity contribution in [2.75, 3.05) is 26.3 Å². The maximum Gasteiger partial charge on any atom is 0.222 e. The zero-order valence-corrected chi connectivity index (χ0v) is 19.0. The van der Waals surface area contributed by atoms with Gasteiger partial charge in [0.15, 0.2) is 5.96 Å².